The van der Waals surface area contributed by atoms with Crippen LogP contribution < -0.4 is 10.6 Å². The highest BCUT2D eigenvalue weighted by Gasteiger charge is 2.13. The molecule has 0 aromatic carbocycles. The van der Waals surface area contributed by atoms with Crippen LogP contribution in [0.3, 0.4) is 0 Å². The van der Waals surface area contributed by atoms with Crippen molar-refractivity contribution in [1.82, 2.24) is 15.5 Å². The molecule has 0 radical (unpaired) electrons. The van der Waals surface area contributed by atoms with Gasteiger partial charge in [0.25, 0.3) is 0 Å². The minimum atomic E-state index is -0.000189. The molecule has 2 N–H and O–H groups in total. The van der Waals surface area contributed by atoms with Crippen molar-refractivity contribution in [2.24, 2.45) is 11.8 Å². The van der Waals surface area contributed by atoms with E-state index in [2.05, 4.69) is 43.6 Å². The van der Waals surface area contributed by atoms with Gasteiger partial charge in [0.1, 0.15) is 0 Å². The summed E-state index contributed by atoms with van der Waals surface area (Å²) >= 11 is 0. The number of unbranched alkanes of at least 4 members (excludes halogenated alkanes) is 10. The molecule has 0 aliphatic carbocycles. The SMILES string of the molecule is CCCCC(=O)NCCCCN(CCCCNC(=O)C(C)C)C(=O)CCCC/C=C/CCCCCCCC(C)C. The maximum absolute atomic E-state index is 13.0. The topological polar surface area (TPSA) is 78.5 Å². The van der Waals surface area contributed by atoms with E-state index in [-0.39, 0.29) is 23.6 Å². The van der Waals surface area contributed by atoms with E-state index in [1.54, 1.807) is 0 Å². The number of allylic oxidation sites excluding steroid dienone is 2. The van der Waals surface area contributed by atoms with Crippen molar-refractivity contribution in [1.29, 1.82) is 0 Å². The van der Waals surface area contributed by atoms with Crippen LogP contribution in [0.15, 0.2) is 12.2 Å². The first kappa shape index (κ1) is 38.1. The van der Waals surface area contributed by atoms with Crippen molar-refractivity contribution in [3.8, 4) is 0 Å². The predicted octanol–water partition coefficient (Wildman–Crippen LogP) is 7.96. The Morgan fingerprint density at radius 3 is 1.82 bits per heavy atom. The molecule has 0 fully saturated rings. The Labute approximate surface area is 247 Å². The van der Waals surface area contributed by atoms with E-state index in [0.29, 0.717) is 25.9 Å². The molecule has 40 heavy (non-hydrogen) atoms. The molecule has 0 rings (SSSR count). The molecule has 0 saturated heterocycles. The van der Waals surface area contributed by atoms with Crippen LogP contribution in [0, 0.1) is 11.8 Å². The Kier molecular flexibility index (Phi) is 26.1. The van der Waals surface area contributed by atoms with Gasteiger partial charge in [-0.3, -0.25) is 14.4 Å². The maximum atomic E-state index is 13.0. The Bertz CT molecular complexity index is 661. The average molecular weight is 564 g/mol. The summed E-state index contributed by atoms with van der Waals surface area (Å²) in [5.74, 6) is 1.28. The number of hydrogen-bond acceptors (Lipinski definition) is 3. The van der Waals surface area contributed by atoms with Crippen molar-refractivity contribution >= 4 is 17.7 Å². The fourth-order valence-corrected chi connectivity index (χ4v) is 4.56. The van der Waals surface area contributed by atoms with Crippen LogP contribution in [0.25, 0.3) is 0 Å². The second-order valence-electron chi connectivity index (χ2n) is 12.2. The fourth-order valence-electron chi connectivity index (χ4n) is 4.56. The van der Waals surface area contributed by atoms with E-state index < -0.39 is 0 Å². The summed E-state index contributed by atoms with van der Waals surface area (Å²) < 4.78 is 0. The van der Waals surface area contributed by atoms with Gasteiger partial charge in [0, 0.05) is 44.9 Å². The monoisotopic (exact) mass is 564 g/mol. The maximum Gasteiger partial charge on any atom is 0.222 e. The van der Waals surface area contributed by atoms with Gasteiger partial charge in [0.15, 0.2) is 0 Å². The molecule has 0 unspecified atom stereocenters. The Morgan fingerprint density at radius 2 is 1.23 bits per heavy atom. The summed E-state index contributed by atoms with van der Waals surface area (Å²) in [4.78, 5) is 38.5. The van der Waals surface area contributed by atoms with Gasteiger partial charge in [0.05, 0.1) is 0 Å². The van der Waals surface area contributed by atoms with E-state index >= 15 is 0 Å². The van der Waals surface area contributed by atoms with Crippen LogP contribution in [0.5, 0.6) is 0 Å². The molecule has 0 saturated carbocycles. The van der Waals surface area contributed by atoms with Crippen molar-refractivity contribution in [3.05, 3.63) is 12.2 Å². The van der Waals surface area contributed by atoms with Gasteiger partial charge in [-0.2, -0.15) is 0 Å². The standard InChI is InChI=1S/C34H65N3O3/c1-6-7-24-32(38)35-26-19-21-28-37(29-22-20-27-36-34(40)31(4)5)33(39)25-18-16-14-12-10-8-9-11-13-15-17-23-30(2)3/h10,12,30-31H,6-9,11,13-29H2,1-5H3,(H,35,38)(H,36,40)/b12-10+. The average Bonchev–Trinajstić information content (AvgIpc) is 2.92. The fraction of sp³-hybridized carbons (Fsp3) is 0.853. The summed E-state index contributed by atoms with van der Waals surface area (Å²) in [6, 6.07) is 0. The first-order valence-electron chi connectivity index (χ1n) is 16.7. The van der Waals surface area contributed by atoms with E-state index in [1.807, 2.05) is 18.7 Å². The van der Waals surface area contributed by atoms with Gasteiger partial charge in [-0.15, -0.1) is 0 Å². The highest BCUT2D eigenvalue weighted by atomic mass is 16.2. The number of nitrogens with one attached hydrogen (secondary N) is 2. The Hall–Kier alpha value is -1.85. The summed E-state index contributed by atoms with van der Waals surface area (Å²) in [5.41, 5.74) is 0. The lowest BCUT2D eigenvalue weighted by molar-refractivity contribution is -0.131. The first-order chi connectivity index (χ1) is 19.3. The lowest BCUT2D eigenvalue weighted by Crippen LogP contribution is -2.34. The molecular weight excluding hydrogens is 498 g/mol. The van der Waals surface area contributed by atoms with E-state index in [9.17, 15) is 14.4 Å². The van der Waals surface area contributed by atoms with Gasteiger partial charge in [0.2, 0.25) is 17.7 Å². The molecule has 6 nitrogen and oxygen atoms in total. The highest BCUT2D eigenvalue weighted by molar-refractivity contribution is 5.77. The molecule has 0 aliphatic heterocycles. The van der Waals surface area contributed by atoms with E-state index in [0.717, 1.165) is 76.8 Å². The van der Waals surface area contributed by atoms with Crippen molar-refractivity contribution < 1.29 is 14.4 Å². The number of nitrogens with zero attached hydrogens (tertiary/aromatic N) is 1. The second-order valence-corrected chi connectivity index (χ2v) is 12.2. The van der Waals surface area contributed by atoms with Crippen molar-refractivity contribution in [3.63, 3.8) is 0 Å². The molecule has 6 heteroatoms. The third kappa shape index (κ3) is 25.1. The summed E-state index contributed by atoms with van der Waals surface area (Å²) in [5, 5.41) is 5.95. The van der Waals surface area contributed by atoms with E-state index in [4.69, 9.17) is 0 Å². The summed E-state index contributed by atoms with van der Waals surface area (Å²) in [6.07, 6.45) is 23.6. The molecule has 3 amide bonds. The second kappa shape index (κ2) is 27.3. The van der Waals surface area contributed by atoms with Gasteiger partial charge in [-0.25, -0.2) is 0 Å². The van der Waals surface area contributed by atoms with Gasteiger partial charge in [-0.05, 0) is 70.1 Å². The van der Waals surface area contributed by atoms with Crippen molar-refractivity contribution in [2.45, 2.75) is 150 Å². The molecule has 0 aromatic heterocycles. The molecule has 0 bridgehead atoms. The highest BCUT2D eigenvalue weighted by Crippen LogP contribution is 2.12. The molecule has 0 heterocycles. The normalized spacial score (nSPS) is 11.5. The summed E-state index contributed by atoms with van der Waals surface area (Å²) in [6.45, 7) is 13.3. The van der Waals surface area contributed by atoms with Crippen molar-refractivity contribution in [2.75, 3.05) is 26.2 Å². The number of rotatable bonds is 27. The van der Waals surface area contributed by atoms with Crippen LogP contribution in [-0.4, -0.2) is 48.8 Å². The predicted molar refractivity (Wildman–Crippen MR) is 170 cm³/mol. The molecular formula is C34H65N3O3. The minimum absolute atomic E-state index is 0.000189. The number of carbonyl (C=O) groups excluding carboxylic acids is 3. The lowest BCUT2D eigenvalue weighted by Gasteiger charge is -2.23. The molecule has 0 spiro atoms. The summed E-state index contributed by atoms with van der Waals surface area (Å²) in [7, 11) is 0. The van der Waals surface area contributed by atoms with Crippen LogP contribution in [-0.2, 0) is 14.4 Å². The van der Waals surface area contributed by atoms with Gasteiger partial charge >= 0.3 is 0 Å². The van der Waals surface area contributed by atoms with Gasteiger partial charge < -0.3 is 15.5 Å². The Balaban J connectivity index is 4.21. The zero-order valence-corrected chi connectivity index (χ0v) is 27.0. The van der Waals surface area contributed by atoms with Crippen LogP contribution in [0.1, 0.15) is 150 Å². The number of hydrogen-bond donors (Lipinski definition) is 2. The Morgan fingerprint density at radius 1 is 0.650 bits per heavy atom. The third-order valence-electron chi connectivity index (χ3n) is 7.30. The van der Waals surface area contributed by atoms with Crippen LogP contribution in [0.2, 0.25) is 0 Å². The molecule has 0 aliphatic rings. The molecule has 0 aromatic rings. The number of amides is 3. The zero-order chi connectivity index (χ0) is 29.8. The lowest BCUT2D eigenvalue weighted by atomic mass is 10.0. The quantitative estimate of drug-likeness (QED) is 0.0786. The minimum Gasteiger partial charge on any atom is -0.356 e. The van der Waals surface area contributed by atoms with E-state index in [1.165, 1.54) is 44.9 Å². The third-order valence-corrected chi connectivity index (χ3v) is 7.30. The molecule has 0 atom stereocenters. The largest absolute Gasteiger partial charge is 0.356 e. The zero-order valence-electron chi connectivity index (χ0n) is 27.0. The smallest absolute Gasteiger partial charge is 0.222 e. The van der Waals surface area contributed by atoms with Crippen LogP contribution in [0.4, 0.5) is 0 Å². The van der Waals surface area contributed by atoms with Crippen LogP contribution >= 0.6 is 0 Å². The number of carbonyl (C=O) groups is 3. The first-order valence-corrected chi connectivity index (χ1v) is 16.7. The molecule has 234 valence electrons. The van der Waals surface area contributed by atoms with Gasteiger partial charge in [-0.1, -0.05) is 85.3 Å².